The maximum absolute atomic E-state index is 6.03. The summed E-state index contributed by atoms with van der Waals surface area (Å²) in [5.41, 5.74) is 2.46. The van der Waals surface area contributed by atoms with Gasteiger partial charge in [-0.25, -0.2) is 0 Å². The Bertz CT molecular complexity index is 598. The summed E-state index contributed by atoms with van der Waals surface area (Å²) in [6.07, 6.45) is 0.965. The van der Waals surface area contributed by atoms with Crippen LogP contribution in [-0.4, -0.2) is 6.54 Å². The Hall–Kier alpha value is -1.32. The van der Waals surface area contributed by atoms with E-state index >= 15 is 0 Å². The van der Waals surface area contributed by atoms with E-state index in [1.165, 1.54) is 11.1 Å². The van der Waals surface area contributed by atoms with E-state index in [-0.39, 0.29) is 0 Å². The van der Waals surface area contributed by atoms with Crippen LogP contribution >= 0.6 is 15.9 Å². The molecule has 0 aliphatic rings. The first-order chi connectivity index (χ1) is 10.2. The van der Waals surface area contributed by atoms with E-state index in [9.17, 15) is 0 Å². The van der Waals surface area contributed by atoms with Gasteiger partial charge in [0.25, 0.3) is 0 Å². The molecule has 1 atom stereocenters. The summed E-state index contributed by atoms with van der Waals surface area (Å²) in [5, 5.41) is 3.42. The van der Waals surface area contributed by atoms with Crippen LogP contribution in [0.5, 0.6) is 11.5 Å². The van der Waals surface area contributed by atoms with Gasteiger partial charge in [-0.2, -0.15) is 0 Å². The van der Waals surface area contributed by atoms with Gasteiger partial charge in [-0.05, 0) is 49.2 Å². The summed E-state index contributed by atoms with van der Waals surface area (Å²) < 4.78 is 7.10. The summed E-state index contributed by atoms with van der Waals surface area (Å²) in [4.78, 5) is 0. The highest BCUT2D eigenvalue weighted by atomic mass is 79.9. The predicted molar refractivity (Wildman–Crippen MR) is 92.1 cm³/mol. The molecular formula is C18H22BrNO. The van der Waals surface area contributed by atoms with Crippen LogP contribution < -0.4 is 10.1 Å². The van der Waals surface area contributed by atoms with Crippen LogP contribution in [0, 0.1) is 0 Å². The third-order valence-corrected chi connectivity index (χ3v) is 4.22. The molecule has 0 radical (unpaired) electrons. The number of para-hydroxylation sites is 1. The molecule has 21 heavy (non-hydrogen) atoms. The van der Waals surface area contributed by atoms with E-state index in [4.69, 9.17) is 4.74 Å². The van der Waals surface area contributed by atoms with E-state index in [0.717, 1.165) is 28.9 Å². The standard InChI is InChI=1S/C18H22BrNO/c1-4-14-8-6-7-9-18(14)21-15-10-11-16(17(19)12-15)13(3)20-5-2/h6-13,20H,4-5H2,1-3H3. The highest BCUT2D eigenvalue weighted by molar-refractivity contribution is 9.10. The van der Waals surface area contributed by atoms with Gasteiger partial charge in [0.05, 0.1) is 0 Å². The minimum Gasteiger partial charge on any atom is -0.457 e. The summed E-state index contributed by atoms with van der Waals surface area (Å²) in [7, 11) is 0. The molecule has 0 aliphatic carbocycles. The molecule has 2 nitrogen and oxygen atoms in total. The van der Waals surface area contributed by atoms with E-state index in [1.54, 1.807) is 0 Å². The van der Waals surface area contributed by atoms with Crippen LogP contribution in [-0.2, 0) is 6.42 Å². The van der Waals surface area contributed by atoms with Gasteiger partial charge >= 0.3 is 0 Å². The molecule has 0 heterocycles. The van der Waals surface area contributed by atoms with Crippen LogP contribution in [0.3, 0.4) is 0 Å². The molecule has 1 N–H and O–H groups in total. The lowest BCUT2D eigenvalue weighted by atomic mass is 10.1. The molecule has 0 saturated carbocycles. The average Bonchev–Trinajstić information content (AvgIpc) is 2.48. The molecule has 2 aromatic rings. The van der Waals surface area contributed by atoms with Gasteiger partial charge in [0, 0.05) is 10.5 Å². The summed E-state index contributed by atoms with van der Waals surface area (Å²) in [5.74, 6) is 1.79. The van der Waals surface area contributed by atoms with E-state index < -0.39 is 0 Å². The van der Waals surface area contributed by atoms with E-state index in [0.29, 0.717) is 6.04 Å². The van der Waals surface area contributed by atoms with Gasteiger partial charge in [-0.1, -0.05) is 54.0 Å². The molecule has 0 aliphatic heterocycles. The maximum atomic E-state index is 6.03. The predicted octanol–water partition coefficient (Wildman–Crippen LogP) is 5.47. The van der Waals surface area contributed by atoms with Crippen molar-refractivity contribution in [2.45, 2.75) is 33.2 Å². The lowest BCUT2D eigenvalue weighted by Crippen LogP contribution is -2.18. The zero-order valence-corrected chi connectivity index (χ0v) is 14.4. The van der Waals surface area contributed by atoms with Crippen molar-refractivity contribution in [3.8, 4) is 11.5 Å². The van der Waals surface area contributed by atoms with E-state index in [1.807, 2.05) is 30.3 Å². The van der Waals surface area contributed by atoms with Crippen molar-refractivity contribution in [3.05, 3.63) is 58.1 Å². The molecule has 0 bridgehead atoms. The minimum absolute atomic E-state index is 0.321. The fourth-order valence-corrected chi connectivity index (χ4v) is 3.06. The first kappa shape index (κ1) is 16.1. The van der Waals surface area contributed by atoms with Gasteiger partial charge in [-0.3, -0.25) is 0 Å². The Kier molecular flexibility index (Phi) is 5.83. The number of rotatable bonds is 6. The molecule has 2 rings (SSSR count). The summed E-state index contributed by atoms with van der Waals surface area (Å²) in [6, 6.07) is 14.7. The SMILES string of the molecule is CCNC(C)c1ccc(Oc2ccccc2CC)cc1Br. The van der Waals surface area contributed by atoms with Crippen molar-refractivity contribution in [2.75, 3.05) is 6.54 Å². The van der Waals surface area contributed by atoms with Crippen molar-refractivity contribution in [3.63, 3.8) is 0 Å². The third kappa shape index (κ3) is 4.08. The second-order valence-corrected chi connectivity index (χ2v) is 5.88. The molecule has 112 valence electrons. The Morgan fingerprint density at radius 1 is 1.14 bits per heavy atom. The number of nitrogens with one attached hydrogen (secondary N) is 1. The molecule has 2 aromatic carbocycles. The van der Waals surface area contributed by atoms with Gasteiger partial charge in [-0.15, -0.1) is 0 Å². The number of benzene rings is 2. The van der Waals surface area contributed by atoms with Crippen molar-refractivity contribution in [2.24, 2.45) is 0 Å². The van der Waals surface area contributed by atoms with E-state index in [2.05, 4.69) is 54.2 Å². The second kappa shape index (κ2) is 7.62. The van der Waals surface area contributed by atoms with Crippen LogP contribution in [0.1, 0.15) is 37.9 Å². The molecule has 0 fully saturated rings. The summed E-state index contributed by atoms with van der Waals surface area (Å²) >= 11 is 3.65. The lowest BCUT2D eigenvalue weighted by Gasteiger charge is -2.16. The number of hydrogen-bond donors (Lipinski definition) is 1. The minimum atomic E-state index is 0.321. The molecular weight excluding hydrogens is 326 g/mol. The average molecular weight is 348 g/mol. The Labute approximate surface area is 135 Å². The first-order valence-corrected chi connectivity index (χ1v) is 8.23. The first-order valence-electron chi connectivity index (χ1n) is 7.44. The molecule has 3 heteroatoms. The largest absolute Gasteiger partial charge is 0.457 e. The van der Waals surface area contributed by atoms with Crippen molar-refractivity contribution in [1.82, 2.24) is 5.32 Å². The maximum Gasteiger partial charge on any atom is 0.130 e. The molecule has 0 aromatic heterocycles. The zero-order valence-electron chi connectivity index (χ0n) is 12.8. The Balaban J connectivity index is 2.20. The molecule has 0 amide bonds. The molecule has 0 saturated heterocycles. The van der Waals surface area contributed by atoms with Crippen molar-refractivity contribution in [1.29, 1.82) is 0 Å². The fraction of sp³-hybridized carbons (Fsp3) is 0.333. The quantitative estimate of drug-likeness (QED) is 0.747. The lowest BCUT2D eigenvalue weighted by molar-refractivity contribution is 0.475. The van der Waals surface area contributed by atoms with Crippen LogP contribution in [0.2, 0.25) is 0 Å². The van der Waals surface area contributed by atoms with Gasteiger partial charge < -0.3 is 10.1 Å². The van der Waals surface area contributed by atoms with Crippen LogP contribution in [0.25, 0.3) is 0 Å². The second-order valence-electron chi connectivity index (χ2n) is 5.03. The monoisotopic (exact) mass is 347 g/mol. The number of halogens is 1. The normalized spacial score (nSPS) is 12.2. The van der Waals surface area contributed by atoms with Gasteiger partial charge in [0.15, 0.2) is 0 Å². The highest BCUT2D eigenvalue weighted by Gasteiger charge is 2.10. The van der Waals surface area contributed by atoms with Crippen molar-refractivity contribution < 1.29 is 4.74 Å². The van der Waals surface area contributed by atoms with Crippen LogP contribution in [0.4, 0.5) is 0 Å². The number of ether oxygens (including phenoxy) is 1. The van der Waals surface area contributed by atoms with Crippen molar-refractivity contribution >= 4 is 15.9 Å². The molecule has 1 unspecified atom stereocenters. The number of aryl methyl sites for hydroxylation is 1. The molecule has 0 spiro atoms. The topological polar surface area (TPSA) is 21.3 Å². The highest BCUT2D eigenvalue weighted by Crippen LogP contribution is 2.31. The summed E-state index contributed by atoms with van der Waals surface area (Å²) in [6.45, 7) is 7.37. The zero-order chi connectivity index (χ0) is 15.2. The van der Waals surface area contributed by atoms with Gasteiger partial charge in [0.1, 0.15) is 11.5 Å². The fourth-order valence-electron chi connectivity index (χ4n) is 2.36. The number of hydrogen-bond acceptors (Lipinski definition) is 2. The smallest absolute Gasteiger partial charge is 0.130 e. The Morgan fingerprint density at radius 2 is 1.90 bits per heavy atom. The third-order valence-electron chi connectivity index (χ3n) is 3.53. The Morgan fingerprint density at radius 3 is 2.57 bits per heavy atom. The van der Waals surface area contributed by atoms with Crippen LogP contribution in [0.15, 0.2) is 46.9 Å². The van der Waals surface area contributed by atoms with Gasteiger partial charge in [0.2, 0.25) is 0 Å².